The Morgan fingerprint density at radius 2 is 1.71 bits per heavy atom. The molecular formula is C8H12S6. The summed E-state index contributed by atoms with van der Waals surface area (Å²) in [5.41, 5.74) is 0. The number of hydrogen-bond donors (Lipinski definition) is 1. The zero-order valence-electron chi connectivity index (χ0n) is 7.60. The Labute approximate surface area is 114 Å². The van der Waals surface area contributed by atoms with E-state index in [9.17, 15) is 0 Å². The fraction of sp³-hybridized carbons (Fsp3) is 0.750. The van der Waals surface area contributed by atoms with Gasteiger partial charge in [0.1, 0.15) is 7.06 Å². The van der Waals surface area contributed by atoms with Gasteiger partial charge in [0, 0.05) is 5.25 Å². The summed E-state index contributed by atoms with van der Waals surface area (Å²) in [6.45, 7) is 0. The lowest BCUT2D eigenvalue weighted by molar-refractivity contribution is 0.517. The lowest BCUT2D eigenvalue weighted by Gasteiger charge is -2.20. The van der Waals surface area contributed by atoms with Crippen molar-refractivity contribution in [3.63, 3.8) is 0 Å². The van der Waals surface area contributed by atoms with E-state index in [1.165, 1.54) is 42.9 Å². The van der Waals surface area contributed by atoms with Crippen molar-refractivity contribution in [1.29, 1.82) is 0 Å². The van der Waals surface area contributed by atoms with Crippen molar-refractivity contribution in [3.05, 3.63) is 0 Å². The molecule has 0 spiro atoms. The zero-order chi connectivity index (χ0) is 10.4. The predicted octanol–water partition coefficient (Wildman–Crippen LogP) is 4.93. The number of rotatable bonds is 1. The van der Waals surface area contributed by atoms with Gasteiger partial charge in [0.2, 0.25) is 0 Å². The van der Waals surface area contributed by atoms with Crippen LogP contribution in [0.1, 0.15) is 32.1 Å². The van der Waals surface area contributed by atoms with E-state index in [-0.39, 0.29) is 0 Å². The highest BCUT2D eigenvalue weighted by molar-refractivity contribution is 8.95. The second-order valence-electron chi connectivity index (χ2n) is 3.06. The molecule has 6 heteroatoms. The predicted molar refractivity (Wildman–Crippen MR) is 83.8 cm³/mol. The quantitative estimate of drug-likeness (QED) is 0.413. The van der Waals surface area contributed by atoms with Crippen molar-refractivity contribution in [2.45, 2.75) is 37.4 Å². The first-order valence-electron chi connectivity index (χ1n) is 4.46. The second-order valence-corrected chi connectivity index (χ2v) is 9.42. The third-order valence-corrected chi connectivity index (χ3v) is 7.53. The zero-order valence-corrected chi connectivity index (χ0v) is 12.6. The molecule has 14 heavy (non-hydrogen) atoms. The molecular weight excluding hydrogens is 288 g/mol. The molecule has 1 saturated carbocycles. The van der Waals surface area contributed by atoms with Gasteiger partial charge in [0.25, 0.3) is 0 Å². The molecule has 1 fully saturated rings. The van der Waals surface area contributed by atoms with Crippen LogP contribution in [0, 0.1) is 0 Å². The van der Waals surface area contributed by atoms with Crippen molar-refractivity contribution < 1.29 is 0 Å². The highest BCUT2D eigenvalue weighted by Gasteiger charge is 2.16. The van der Waals surface area contributed by atoms with Gasteiger partial charge in [-0.25, -0.2) is 0 Å². The third-order valence-electron chi connectivity index (χ3n) is 2.00. The monoisotopic (exact) mass is 300 g/mol. The molecule has 1 aliphatic carbocycles. The SMILES string of the molecule is S=C(S)SSC(=S)SC1CCCCC1. The van der Waals surface area contributed by atoms with E-state index in [1.807, 2.05) is 11.8 Å². The maximum absolute atomic E-state index is 5.26. The van der Waals surface area contributed by atoms with Crippen LogP contribution in [0.25, 0.3) is 0 Å². The van der Waals surface area contributed by atoms with Gasteiger partial charge in [-0.3, -0.25) is 0 Å². The van der Waals surface area contributed by atoms with Crippen LogP contribution >= 0.6 is 70.4 Å². The van der Waals surface area contributed by atoms with Crippen LogP contribution in [-0.4, -0.2) is 12.3 Å². The topological polar surface area (TPSA) is 0 Å². The average molecular weight is 301 g/mol. The highest BCUT2D eigenvalue weighted by Crippen LogP contribution is 2.37. The number of thiocarbonyl (C=S) groups is 2. The number of thioether (sulfide) groups is 1. The fourth-order valence-electron chi connectivity index (χ4n) is 1.41. The molecule has 0 aromatic heterocycles. The van der Waals surface area contributed by atoms with Gasteiger partial charge in [0.15, 0.2) is 0 Å². The van der Waals surface area contributed by atoms with E-state index >= 15 is 0 Å². The summed E-state index contributed by atoms with van der Waals surface area (Å²) in [5.74, 6) is 0. The maximum Gasteiger partial charge on any atom is 0.115 e. The molecule has 1 aliphatic rings. The molecule has 0 nitrogen and oxygen atoms in total. The van der Waals surface area contributed by atoms with Crippen molar-refractivity contribution in [2.24, 2.45) is 0 Å². The standard InChI is InChI=1S/C8H12S6/c9-7(10)13-14-8(11)12-6-4-2-1-3-5-6/h6H,1-5H2,(H,9,10). The Morgan fingerprint density at radius 1 is 1.07 bits per heavy atom. The van der Waals surface area contributed by atoms with E-state index in [4.69, 9.17) is 24.4 Å². The van der Waals surface area contributed by atoms with E-state index in [2.05, 4.69) is 12.6 Å². The Bertz CT molecular complexity index is 208. The summed E-state index contributed by atoms with van der Waals surface area (Å²) in [6.07, 6.45) is 6.77. The van der Waals surface area contributed by atoms with Gasteiger partial charge in [-0.05, 0) is 34.4 Å². The minimum atomic E-state index is 0.654. The van der Waals surface area contributed by atoms with Crippen molar-refractivity contribution >= 4 is 77.5 Å². The summed E-state index contributed by atoms with van der Waals surface area (Å²) >= 11 is 16.0. The van der Waals surface area contributed by atoms with Gasteiger partial charge in [0.05, 0.1) is 0 Å². The molecule has 0 bridgehead atoms. The first kappa shape index (κ1) is 13.6. The van der Waals surface area contributed by atoms with Gasteiger partial charge < -0.3 is 0 Å². The normalized spacial score (nSPS) is 18.1. The molecule has 0 N–H and O–H groups in total. The van der Waals surface area contributed by atoms with E-state index in [0.29, 0.717) is 3.53 Å². The molecule has 0 saturated heterocycles. The molecule has 0 aliphatic heterocycles. The molecule has 1 rings (SSSR count). The molecule has 80 valence electrons. The van der Waals surface area contributed by atoms with Crippen LogP contribution in [0.4, 0.5) is 0 Å². The van der Waals surface area contributed by atoms with Crippen LogP contribution in [0.3, 0.4) is 0 Å². The van der Waals surface area contributed by atoms with Crippen LogP contribution < -0.4 is 0 Å². The summed E-state index contributed by atoms with van der Waals surface area (Å²) in [4.78, 5) is 0. The first-order valence-corrected chi connectivity index (χ1v) is 8.76. The van der Waals surface area contributed by atoms with E-state index in [1.54, 1.807) is 10.8 Å². The van der Waals surface area contributed by atoms with Gasteiger partial charge in [-0.1, -0.05) is 43.7 Å². The molecule has 0 aromatic carbocycles. The molecule has 0 atom stereocenters. The Balaban J connectivity index is 2.15. The number of thiol groups is 1. The average Bonchev–Trinajstić information content (AvgIpc) is 2.16. The van der Waals surface area contributed by atoms with E-state index in [0.717, 1.165) is 8.78 Å². The Hall–Kier alpha value is 1.58. The minimum Gasteiger partial charge on any atom is -0.124 e. The second kappa shape index (κ2) is 7.79. The van der Waals surface area contributed by atoms with Crippen LogP contribution in [0.2, 0.25) is 0 Å². The van der Waals surface area contributed by atoms with Gasteiger partial charge in [-0.2, -0.15) is 0 Å². The summed E-state index contributed by atoms with van der Waals surface area (Å²) in [6, 6.07) is 0. The molecule has 0 unspecified atom stereocenters. The largest absolute Gasteiger partial charge is 0.124 e. The number of hydrogen-bond acceptors (Lipinski definition) is 5. The minimum absolute atomic E-state index is 0.654. The summed E-state index contributed by atoms with van der Waals surface area (Å²) < 4.78 is 1.65. The lowest BCUT2D eigenvalue weighted by atomic mass is 10.0. The third kappa shape index (κ3) is 6.23. The van der Waals surface area contributed by atoms with Crippen molar-refractivity contribution in [1.82, 2.24) is 0 Å². The van der Waals surface area contributed by atoms with E-state index < -0.39 is 0 Å². The van der Waals surface area contributed by atoms with Crippen molar-refractivity contribution in [3.8, 4) is 0 Å². The fourth-order valence-corrected chi connectivity index (χ4v) is 5.39. The van der Waals surface area contributed by atoms with Crippen LogP contribution in [0.15, 0.2) is 0 Å². The molecule has 0 radical (unpaired) electrons. The summed E-state index contributed by atoms with van der Waals surface area (Å²) in [7, 11) is 3.05. The molecule has 0 aromatic rings. The maximum atomic E-state index is 5.26. The van der Waals surface area contributed by atoms with Gasteiger partial charge >= 0.3 is 0 Å². The molecule has 0 amide bonds. The van der Waals surface area contributed by atoms with Crippen LogP contribution in [-0.2, 0) is 0 Å². The van der Waals surface area contributed by atoms with Crippen molar-refractivity contribution in [2.75, 3.05) is 0 Å². The lowest BCUT2D eigenvalue weighted by Crippen LogP contribution is -2.09. The Morgan fingerprint density at radius 3 is 2.29 bits per heavy atom. The Kier molecular flexibility index (Phi) is 7.59. The smallest absolute Gasteiger partial charge is 0.115 e. The highest BCUT2D eigenvalue weighted by atomic mass is 33.1. The van der Waals surface area contributed by atoms with Gasteiger partial charge in [-0.15, -0.1) is 24.4 Å². The summed E-state index contributed by atoms with van der Waals surface area (Å²) in [5, 5.41) is 0.748. The van der Waals surface area contributed by atoms with Crippen LogP contribution in [0.5, 0.6) is 0 Å². The first-order chi connectivity index (χ1) is 6.68. The molecule has 0 heterocycles.